The Morgan fingerprint density at radius 3 is 2.40 bits per heavy atom. The van der Waals surface area contributed by atoms with E-state index in [0.717, 1.165) is 11.6 Å². The second kappa shape index (κ2) is 11.6. The van der Waals surface area contributed by atoms with Crippen LogP contribution in [0, 0.1) is 5.92 Å². The van der Waals surface area contributed by atoms with E-state index in [9.17, 15) is 4.79 Å². The van der Waals surface area contributed by atoms with Gasteiger partial charge in [-0.3, -0.25) is 15.6 Å². The van der Waals surface area contributed by atoms with Crippen LogP contribution in [-0.2, 0) is 0 Å². The highest BCUT2D eigenvalue weighted by molar-refractivity contribution is 5.94. The van der Waals surface area contributed by atoms with Crippen molar-refractivity contribution < 1.29 is 4.79 Å². The molecule has 0 unspecified atom stereocenters. The molecule has 2 aromatic rings. The van der Waals surface area contributed by atoms with Crippen LogP contribution in [0.1, 0.15) is 93.0 Å². The van der Waals surface area contributed by atoms with Crippen molar-refractivity contribution in [1.82, 2.24) is 5.43 Å². The van der Waals surface area contributed by atoms with Crippen LogP contribution in [0.25, 0.3) is 0 Å². The van der Waals surface area contributed by atoms with Crippen LogP contribution in [0.4, 0.5) is 11.4 Å². The average Bonchev–Trinajstić information content (AvgIpc) is 2.78. The van der Waals surface area contributed by atoms with Crippen molar-refractivity contribution in [2.24, 2.45) is 5.92 Å². The van der Waals surface area contributed by atoms with E-state index in [1.54, 1.807) is 6.07 Å². The molecule has 1 saturated carbocycles. The summed E-state index contributed by atoms with van der Waals surface area (Å²) in [5, 5.41) is 0. The molecule has 0 bridgehead atoms. The molecule has 1 amide bonds. The van der Waals surface area contributed by atoms with Crippen molar-refractivity contribution in [2.45, 2.75) is 77.0 Å². The molecule has 0 atom stereocenters. The SMILES string of the molecule is CCCCCCCC1CCC(c2ccc(C(=O)NNc3cccc(N)c3)cc2)CC1. The van der Waals surface area contributed by atoms with Gasteiger partial charge in [0.1, 0.15) is 0 Å². The van der Waals surface area contributed by atoms with E-state index in [-0.39, 0.29) is 5.91 Å². The van der Waals surface area contributed by atoms with Crippen LogP contribution in [0.3, 0.4) is 0 Å². The summed E-state index contributed by atoms with van der Waals surface area (Å²) in [5.41, 5.74) is 14.9. The van der Waals surface area contributed by atoms with E-state index in [1.807, 2.05) is 30.3 Å². The van der Waals surface area contributed by atoms with Crippen molar-refractivity contribution in [3.05, 3.63) is 59.7 Å². The second-order valence-corrected chi connectivity index (χ2v) is 8.75. The molecule has 1 fully saturated rings. The summed E-state index contributed by atoms with van der Waals surface area (Å²) in [4.78, 5) is 12.4. The smallest absolute Gasteiger partial charge is 0.269 e. The van der Waals surface area contributed by atoms with Gasteiger partial charge in [0.15, 0.2) is 0 Å². The quantitative estimate of drug-likeness (QED) is 0.234. The number of rotatable bonds is 10. The van der Waals surface area contributed by atoms with Gasteiger partial charge in [-0.2, -0.15) is 0 Å². The van der Waals surface area contributed by atoms with Gasteiger partial charge in [0.05, 0.1) is 5.69 Å². The van der Waals surface area contributed by atoms with Crippen LogP contribution in [-0.4, -0.2) is 5.91 Å². The first-order valence-corrected chi connectivity index (χ1v) is 11.7. The molecule has 4 heteroatoms. The maximum absolute atomic E-state index is 12.4. The molecule has 30 heavy (non-hydrogen) atoms. The van der Waals surface area contributed by atoms with Gasteiger partial charge in [-0.1, -0.05) is 63.6 Å². The summed E-state index contributed by atoms with van der Waals surface area (Å²) >= 11 is 0. The summed E-state index contributed by atoms with van der Waals surface area (Å²) in [6.07, 6.45) is 13.6. The Kier molecular flexibility index (Phi) is 8.61. The number of nitrogens with one attached hydrogen (secondary N) is 2. The highest BCUT2D eigenvalue weighted by Gasteiger charge is 2.22. The van der Waals surface area contributed by atoms with Gasteiger partial charge in [-0.05, 0) is 73.4 Å². The fourth-order valence-electron chi connectivity index (χ4n) is 4.55. The number of benzene rings is 2. The predicted octanol–water partition coefficient (Wildman–Crippen LogP) is 6.66. The molecule has 4 nitrogen and oxygen atoms in total. The van der Waals surface area contributed by atoms with Crippen molar-refractivity contribution in [3.8, 4) is 0 Å². The average molecular weight is 408 g/mol. The van der Waals surface area contributed by atoms with E-state index in [0.29, 0.717) is 17.2 Å². The second-order valence-electron chi connectivity index (χ2n) is 8.75. The molecule has 0 heterocycles. The Labute approximate surface area is 181 Å². The lowest BCUT2D eigenvalue weighted by molar-refractivity contribution is 0.0962. The number of nitrogens with two attached hydrogens (primary N) is 1. The van der Waals surface area contributed by atoms with Crippen molar-refractivity contribution >= 4 is 17.3 Å². The summed E-state index contributed by atoms with van der Waals surface area (Å²) in [6, 6.07) is 15.4. The summed E-state index contributed by atoms with van der Waals surface area (Å²) < 4.78 is 0. The lowest BCUT2D eigenvalue weighted by Gasteiger charge is -2.29. The van der Waals surface area contributed by atoms with Crippen LogP contribution in [0.2, 0.25) is 0 Å². The van der Waals surface area contributed by atoms with Crippen LogP contribution >= 0.6 is 0 Å². The van der Waals surface area contributed by atoms with E-state index < -0.39 is 0 Å². The number of carbonyl (C=O) groups is 1. The molecule has 162 valence electrons. The standard InChI is InChI=1S/C26H37N3O/c1-2-3-4-5-6-8-20-11-13-21(14-12-20)22-15-17-23(18-16-22)26(30)29-28-25-10-7-9-24(27)19-25/h7,9-10,15-21,28H,2-6,8,11-14,27H2,1H3,(H,29,30). The highest BCUT2D eigenvalue weighted by Crippen LogP contribution is 2.37. The fourth-order valence-corrected chi connectivity index (χ4v) is 4.55. The Hall–Kier alpha value is -2.49. The third-order valence-electron chi connectivity index (χ3n) is 6.41. The molecular formula is C26H37N3O. The van der Waals surface area contributed by atoms with Gasteiger partial charge in [0, 0.05) is 11.3 Å². The summed E-state index contributed by atoms with van der Waals surface area (Å²) in [5.74, 6) is 1.42. The number of hydrogen-bond acceptors (Lipinski definition) is 3. The number of hydrogen-bond donors (Lipinski definition) is 3. The molecule has 1 aliphatic rings. The first kappa shape index (κ1) is 22.2. The van der Waals surface area contributed by atoms with E-state index in [1.165, 1.54) is 69.8 Å². The topological polar surface area (TPSA) is 67.2 Å². The number of carbonyl (C=O) groups excluding carboxylic acids is 1. The van der Waals surface area contributed by atoms with Gasteiger partial charge in [-0.15, -0.1) is 0 Å². The van der Waals surface area contributed by atoms with E-state index in [2.05, 4.69) is 29.9 Å². The zero-order chi connectivity index (χ0) is 21.2. The first-order valence-electron chi connectivity index (χ1n) is 11.7. The number of hydrazine groups is 1. The maximum atomic E-state index is 12.4. The van der Waals surface area contributed by atoms with Crippen LogP contribution < -0.4 is 16.6 Å². The minimum absolute atomic E-state index is 0.143. The largest absolute Gasteiger partial charge is 0.399 e. The molecular weight excluding hydrogens is 370 g/mol. The lowest BCUT2D eigenvalue weighted by Crippen LogP contribution is -2.29. The first-order chi connectivity index (χ1) is 14.7. The normalized spacial score (nSPS) is 18.7. The maximum Gasteiger partial charge on any atom is 0.269 e. The Morgan fingerprint density at radius 2 is 1.70 bits per heavy atom. The molecule has 1 aliphatic carbocycles. The van der Waals surface area contributed by atoms with E-state index in [4.69, 9.17) is 5.73 Å². The molecule has 0 saturated heterocycles. The van der Waals surface area contributed by atoms with Crippen molar-refractivity contribution in [1.29, 1.82) is 0 Å². The van der Waals surface area contributed by atoms with Crippen molar-refractivity contribution in [3.63, 3.8) is 0 Å². The third-order valence-corrected chi connectivity index (χ3v) is 6.41. The van der Waals surface area contributed by atoms with Crippen molar-refractivity contribution in [2.75, 3.05) is 11.2 Å². The van der Waals surface area contributed by atoms with Crippen LogP contribution in [0.15, 0.2) is 48.5 Å². The molecule has 0 radical (unpaired) electrons. The monoisotopic (exact) mass is 407 g/mol. The van der Waals surface area contributed by atoms with Gasteiger partial charge < -0.3 is 5.73 Å². The Morgan fingerprint density at radius 1 is 0.967 bits per heavy atom. The number of unbranched alkanes of at least 4 members (excludes halogenated alkanes) is 4. The molecule has 3 rings (SSSR count). The van der Waals surface area contributed by atoms with E-state index >= 15 is 0 Å². The summed E-state index contributed by atoms with van der Waals surface area (Å²) in [6.45, 7) is 2.28. The number of nitrogen functional groups attached to an aromatic ring is 1. The molecule has 0 aliphatic heterocycles. The lowest BCUT2D eigenvalue weighted by atomic mass is 9.77. The third kappa shape index (κ3) is 6.79. The molecule has 4 N–H and O–H groups in total. The Balaban J connectivity index is 1.41. The van der Waals surface area contributed by atoms with Gasteiger partial charge in [0.2, 0.25) is 0 Å². The van der Waals surface area contributed by atoms with Gasteiger partial charge in [0.25, 0.3) is 5.91 Å². The molecule has 0 aromatic heterocycles. The number of anilines is 2. The minimum Gasteiger partial charge on any atom is -0.399 e. The van der Waals surface area contributed by atoms with Gasteiger partial charge in [-0.25, -0.2) is 0 Å². The zero-order valence-corrected chi connectivity index (χ0v) is 18.3. The molecule has 2 aromatic carbocycles. The van der Waals surface area contributed by atoms with Gasteiger partial charge >= 0.3 is 0 Å². The Bertz CT molecular complexity index is 779. The van der Waals surface area contributed by atoms with Crippen LogP contribution in [0.5, 0.6) is 0 Å². The fraction of sp³-hybridized carbons (Fsp3) is 0.500. The minimum atomic E-state index is -0.143. The number of amides is 1. The molecule has 0 spiro atoms. The highest BCUT2D eigenvalue weighted by atomic mass is 16.2. The zero-order valence-electron chi connectivity index (χ0n) is 18.3. The predicted molar refractivity (Wildman–Crippen MR) is 126 cm³/mol. The summed E-state index contributed by atoms with van der Waals surface area (Å²) in [7, 11) is 0.